The third kappa shape index (κ3) is 2.89. The van der Waals surface area contributed by atoms with E-state index in [0.717, 1.165) is 21.9 Å². The minimum atomic E-state index is -0.102. The number of rotatable bonds is 3. The summed E-state index contributed by atoms with van der Waals surface area (Å²) in [6.07, 6.45) is 1.43. The fourth-order valence-corrected chi connectivity index (χ4v) is 4.55. The Morgan fingerprint density at radius 2 is 1.77 bits per heavy atom. The molecule has 0 atom stereocenters. The van der Waals surface area contributed by atoms with Crippen molar-refractivity contribution in [3.05, 3.63) is 70.8 Å². The highest BCUT2D eigenvalue weighted by Gasteiger charge is 2.28. The molecule has 2 aromatic heterocycles. The van der Waals surface area contributed by atoms with E-state index in [-0.39, 0.29) is 24.2 Å². The first kappa shape index (κ1) is 18.3. The van der Waals surface area contributed by atoms with Gasteiger partial charge in [0.05, 0.1) is 17.1 Å². The Labute approximate surface area is 172 Å². The van der Waals surface area contributed by atoms with Gasteiger partial charge in [0.15, 0.2) is 0 Å². The first-order chi connectivity index (χ1) is 14.7. The molecule has 1 fully saturated rings. The van der Waals surface area contributed by atoms with Crippen molar-refractivity contribution in [1.29, 1.82) is 5.26 Å². The average molecular weight is 399 g/mol. The minimum Gasteiger partial charge on any atom is -0.337 e. The molecule has 1 amide bonds. The average Bonchev–Trinajstić information content (AvgIpc) is 3.31. The zero-order valence-electron chi connectivity index (χ0n) is 16.4. The van der Waals surface area contributed by atoms with Gasteiger partial charge in [0, 0.05) is 30.0 Å². The molecule has 0 saturated carbocycles. The van der Waals surface area contributed by atoms with Crippen LogP contribution in [0, 0.1) is 11.3 Å². The lowest BCUT2D eigenvalue weighted by atomic mass is 10.0. The van der Waals surface area contributed by atoms with Crippen LogP contribution < -0.4 is 5.69 Å². The van der Waals surface area contributed by atoms with E-state index in [0.29, 0.717) is 31.6 Å². The number of para-hydroxylation sites is 3. The van der Waals surface area contributed by atoms with Crippen LogP contribution in [0.2, 0.25) is 0 Å². The molecule has 0 aliphatic carbocycles. The second-order valence-corrected chi connectivity index (χ2v) is 7.67. The fraction of sp³-hybridized carbons (Fsp3) is 0.261. The first-order valence-corrected chi connectivity index (χ1v) is 10.1. The van der Waals surface area contributed by atoms with Gasteiger partial charge in [-0.05, 0) is 37.1 Å². The van der Waals surface area contributed by atoms with Crippen LogP contribution >= 0.6 is 0 Å². The highest BCUT2D eigenvalue weighted by atomic mass is 16.2. The number of fused-ring (bicyclic) bond motifs is 2. The van der Waals surface area contributed by atoms with E-state index in [2.05, 4.69) is 11.1 Å². The van der Waals surface area contributed by atoms with E-state index in [4.69, 9.17) is 0 Å². The van der Waals surface area contributed by atoms with Crippen molar-refractivity contribution < 1.29 is 4.79 Å². The van der Waals surface area contributed by atoms with Crippen LogP contribution in [0.15, 0.2) is 59.4 Å². The Morgan fingerprint density at radius 1 is 1.07 bits per heavy atom. The van der Waals surface area contributed by atoms with Crippen LogP contribution in [-0.2, 0) is 6.54 Å². The van der Waals surface area contributed by atoms with Gasteiger partial charge in [-0.25, -0.2) is 4.79 Å². The molecule has 0 unspecified atom stereocenters. The van der Waals surface area contributed by atoms with E-state index in [9.17, 15) is 14.9 Å². The molecule has 1 saturated heterocycles. The molecule has 1 N–H and O–H groups in total. The summed E-state index contributed by atoms with van der Waals surface area (Å²) in [5.74, 6) is -0.0637. The summed E-state index contributed by atoms with van der Waals surface area (Å²) in [5.41, 5.74) is 3.07. The quantitative estimate of drug-likeness (QED) is 0.573. The Balaban J connectivity index is 1.40. The summed E-state index contributed by atoms with van der Waals surface area (Å²) < 4.78 is 3.61. The summed E-state index contributed by atoms with van der Waals surface area (Å²) in [7, 11) is 0. The Hall–Kier alpha value is -3.79. The predicted octanol–water partition coefficient (Wildman–Crippen LogP) is 3.29. The maximum atomic E-state index is 13.3. The molecule has 7 heteroatoms. The van der Waals surface area contributed by atoms with Gasteiger partial charge >= 0.3 is 5.69 Å². The Morgan fingerprint density at radius 3 is 2.53 bits per heavy atom. The zero-order chi connectivity index (χ0) is 20.7. The van der Waals surface area contributed by atoms with Crippen LogP contribution in [0.5, 0.6) is 0 Å². The normalized spacial score (nSPS) is 15.0. The molecule has 4 aromatic rings. The molecule has 3 heterocycles. The molecule has 1 aliphatic rings. The smallest absolute Gasteiger partial charge is 0.326 e. The van der Waals surface area contributed by atoms with Gasteiger partial charge in [-0.3, -0.25) is 9.36 Å². The van der Waals surface area contributed by atoms with E-state index < -0.39 is 0 Å². The van der Waals surface area contributed by atoms with Crippen molar-refractivity contribution in [2.45, 2.75) is 25.4 Å². The number of carbonyl (C=O) groups excluding carboxylic acids is 1. The predicted molar refractivity (Wildman–Crippen MR) is 114 cm³/mol. The van der Waals surface area contributed by atoms with Crippen molar-refractivity contribution in [3.8, 4) is 6.07 Å². The van der Waals surface area contributed by atoms with Crippen molar-refractivity contribution in [1.82, 2.24) is 19.0 Å². The summed E-state index contributed by atoms with van der Waals surface area (Å²) >= 11 is 0. The number of amides is 1. The summed E-state index contributed by atoms with van der Waals surface area (Å²) in [5, 5.41) is 10.2. The summed E-state index contributed by atoms with van der Waals surface area (Å²) in [6, 6.07) is 19.5. The summed E-state index contributed by atoms with van der Waals surface area (Å²) in [4.78, 5) is 30.5. The van der Waals surface area contributed by atoms with Crippen LogP contribution in [-0.4, -0.2) is 38.0 Å². The number of aromatic nitrogens is 3. The first-order valence-electron chi connectivity index (χ1n) is 10.1. The number of likely N-dealkylation sites (tertiary alicyclic amines) is 1. The van der Waals surface area contributed by atoms with Crippen molar-refractivity contribution in [2.75, 3.05) is 13.1 Å². The number of nitrogens with one attached hydrogen (secondary N) is 1. The molecular weight excluding hydrogens is 378 g/mol. The standard InChI is InChI=1S/C23H21N5O2/c24-11-14-27-19-7-3-1-5-16(19)15-21(27)22(29)26-12-9-17(10-13-26)28-20-8-4-2-6-18(20)25-23(28)30/h1-8,15,17H,9-10,12-14H2,(H,25,30). The molecule has 5 rings (SSSR count). The number of nitrogens with zero attached hydrogens (tertiary/aromatic N) is 4. The number of imidazole rings is 1. The van der Waals surface area contributed by atoms with Gasteiger partial charge in [0.25, 0.3) is 5.91 Å². The molecule has 0 bridgehead atoms. The molecule has 150 valence electrons. The van der Waals surface area contributed by atoms with Gasteiger partial charge < -0.3 is 14.5 Å². The largest absolute Gasteiger partial charge is 0.337 e. The number of piperidine rings is 1. The number of benzene rings is 2. The van der Waals surface area contributed by atoms with Gasteiger partial charge in [-0.15, -0.1) is 0 Å². The van der Waals surface area contributed by atoms with Crippen LogP contribution in [0.4, 0.5) is 0 Å². The maximum Gasteiger partial charge on any atom is 0.326 e. The van der Waals surface area contributed by atoms with Gasteiger partial charge in [0.1, 0.15) is 12.2 Å². The van der Waals surface area contributed by atoms with Crippen LogP contribution in [0.25, 0.3) is 21.9 Å². The number of carbonyl (C=O) groups is 1. The highest BCUT2D eigenvalue weighted by molar-refractivity contribution is 5.99. The van der Waals surface area contributed by atoms with Gasteiger partial charge in [0.2, 0.25) is 0 Å². The Bertz CT molecular complexity index is 1350. The minimum absolute atomic E-state index is 0.0580. The monoisotopic (exact) mass is 399 g/mol. The van der Waals surface area contributed by atoms with E-state index in [1.54, 1.807) is 4.57 Å². The van der Waals surface area contributed by atoms with Gasteiger partial charge in [-0.2, -0.15) is 5.26 Å². The molecule has 0 radical (unpaired) electrons. The highest BCUT2D eigenvalue weighted by Crippen LogP contribution is 2.27. The Kier molecular flexibility index (Phi) is 4.40. The molecule has 1 aliphatic heterocycles. The molecule has 0 spiro atoms. The van der Waals surface area contributed by atoms with Crippen molar-refractivity contribution >= 4 is 27.8 Å². The third-order valence-corrected chi connectivity index (χ3v) is 6.00. The third-order valence-electron chi connectivity index (χ3n) is 6.00. The van der Waals surface area contributed by atoms with E-state index in [1.807, 2.05) is 64.1 Å². The topological polar surface area (TPSA) is 86.8 Å². The number of nitriles is 1. The second-order valence-electron chi connectivity index (χ2n) is 7.67. The number of hydrogen-bond acceptors (Lipinski definition) is 3. The van der Waals surface area contributed by atoms with Crippen molar-refractivity contribution in [3.63, 3.8) is 0 Å². The van der Waals surface area contributed by atoms with Crippen molar-refractivity contribution in [2.24, 2.45) is 0 Å². The van der Waals surface area contributed by atoms with Crippen LogP contribution in [0.3, 0.4) is 0 Å². The van der Waals surface area contributed by atoms with Crippen LogP contribution in [0.1, 0.15) is 29.4 Å². The lowest BCUT2D eigenvalue weighted by Gasteiger charge is -2.32. The number of aromatic amines is 1. The molecule has 2 aromatic carbocycles. The lowest BCUT2D eigenvalue weighted by molar-refractivity contribution is 0.0685. The maximum absolute atomic E-state index is 13.3. The molecule has 30 heavy (non-hydrogen) atoms. The SMILES string of the molecule is N#CCn1c(C(=O)N2CCC(n3c(=O)[nH]c4ccccc43)CC2)cc2ccccc21. The fourth-order valence-electron chi connectivity index (χ4n) is 4.55. The molecular formula is C23H21N5O2. The number of hydrogen-bond donors (Lipinski definition) is 1. The van der Waals surface area contributed by atoms with E-state index >= 15 is 0 Å². The lowest BCUT2D eigenvalue weighted by Crippen LogP contribution is -2.41. The molecule has 7 nitrogen and oxygen atoms in total. The van der Waals surface area contributed by atoms with Gasteiger partial charge in [-0.1, -0.05) is 30.3 Å². The zero-order valence-corrected chi connectivity index (χ0v) is 16.4. The number of H-pyrrole nitrogens is 1. The second kappa shape index (κ2) is 7.23. The summed E-state index contributed by atoms with van der Waals surface area (Å²) in [6.45, 7) is 1.28. The van der Waals surface area contributed by atoms with E-state index in [1.165, 1.54) is 0 Å².